The lowest BCUT2D eigenvalue weighted by Crippen LogP contribution is -2.21. The first kappa shape index (κ1) is 20.6. The van der Waals surface area contributed by atoms with Gasteiger partial charge in [0.15, 0.2) is 0 Å². The maximum Gasteiger partial charge on any atom is 0.250 e. The number of nitrogens with two attached hydrogens (primary N) is 1. The van der Waals surface area contributed by atoms with Crippen molar-refractivity contribution in [3.63, 3.8) is 0 Å². The first-order valence-corrected chi connectivity index (χ1v) is 9.85. The van der Waals surface area contributed by atoms with Gasteiger partial charge in [-0.25, -0.2) is 4.98 Å². The average Bonchev–Trinajstić information content (AvgIpc) is 2.74. The molecule has 0 spiro atoms. The van der Waals surface area contributed by atoms with Crippen molar-refractivity contribution in [2.75, 3.05) is 6.54 Å². The maximum atomic E-state index is 11.1. The zero-order valence-corrected chi connectivity index (χ0v) is 16.9. The molecule has 1 aromatic heterocycles. The van der Waals surface area contributed by atoms with Crippen molar-refractivity contribution < 1.29 is 9.53 Å². The topological polar surface area (TPSA) is 77.2 Å². The number of amides is 1. The molecule has 0 saturated carbocycles. The molecule has 3 rings (SSSR count). The quantitative estimate of drug-likeness (QED) is 0.562. The van der Waals surface area contributed by atoms with Crippen LogP contribution in [0, 0.1) is 6.92 Å². The summed E-state index contributed by atoms with van der Waals surface area (Å²) in [5.41, 5.74) is 9.19. The number of aromatic nitrogens is 1. The van der Waals surface area contributed by atoms with Crippen LogP contribution in [0.15, 0.2) is 66.9 Å². The van der Waals surface area contributed by atoms with Gasteiger partial charge in [0.25, 0.3) is 0 Å². The summed E-state index contributed by atoms with van der Waals surface area (Å²) in [6.45, 7) is 5.97. The van der Waals surface area contributed by atoms with E-state index in [1.54, 1.807) is 12.1 Å². The molecule has 1 heterocycles. The van der Waals surface area contributed by atoms with E-state index < -0.39 is 5.91 Å². The molecule has 0 radical (unpaired) electrons. The van der Waals surface area contributed by atoms with E-state index in [9.17, 15) is 4.79 Å². The minimum Gasteiger partial charge on any atom is -0.439 e. The Bertz CT molecular complexity index is 940. The van der Waals surface area contributed by atoms with Crippen LogP contribution in [0.25, 0.3) is 0 Å². The predicted molar refractivity (Wildman–Crippen MR) is 115 cm³/mol. The molecule has 3 N–H and O–H groups in total. The van der Waals surface area contributed by atoms with Gasteiger partial charge in [0, 0.05) is 25.4 Å². The van der Waals surface area contributed by atoms with Gasteiger partial charge in [-0.1, -0.05) is 49.4 Å². The fourth-order valence-electron chi connectivity index (χ4n) is 3.25. The lowest BCUT2D eigenvalue weighted by Gasteiger charge is -2.16. The third-order valence-electron chi connectivity index (χ3n) is 4.96. The second kappa shape index (κ2) is 9.85. The Labute approximate surface area is 171 Å². The zero-order chi connectivity index (χ0) is 20.6. The first-order chi connectivity index (χ1) is 14.1. The Morgan fingerprint density at radius 2 is 1.93 bits per heavy atom. The monoisotopic (exact) mass is 389 g/mol. The number of pyridine rings is 1. The van der Waals surface area contributed by atoms with Crippen LogP contribution in [-0.2, 0) is 6.54 Å². The van der Waals surface area contributed by atoms with Gasteiger partial charge < -0.3 is 15.8 Å². The summed E-state index contributed by atoms with van der Waals surface area (Å²) < 4.78 is 5.83. The molecular weight excluding hydrogens is 362 g/mol. The van der Waals surface area contributed by atoms with Crippen LogP contribution in [0.1, 0.15) is 46.3 Å². The van der Waals surface area contributed by atoms with Gasteiger partial charge in [-0.2, -0.15) is 0 Å². The number of hydrogen-bond acceptors (Lipinski definition) is 4. The third kappa shape index (κ3) is 5.65. The summed E-state index contributed by atoms with van der Waals surface area (Å²) in [5, 5.41) is 3.57. The van der Waals surface area contributed by atoms with Crippen LogP contribution in [0.3, 0.4) is 0 Å². The first-order valence-electron chi connectivity index (χ1n) is 9.85. The van der Waals surface area contributed by atoms with Crippen LogP contribution in [0.2, 0.25) is 0 Å². The largest absolute Gasteiger partial charge is 0.439 e. The SMILES string of the molecule is CCC(CNCc1ccc(Oc2ccc(C(N)=O)cn2)c(C)c1)c1ccccc1. The molecule has 3 aromatic rings. The van der Waals surface area contributed by atoms with Gasteiger partial charge in [0.2, 0.25) is 11.8 Å². The van der Waals surface area contributed by atoms with Crippen molar-refractivity contribution in [1.82, 2.24) is 10.3 Å². The minimum atomic E-state index is -0.505. The van der Waals surface area contributed by atoms with Crippen molar-refractivity contribution in [3.05, 3.63) is 89.1 Å². The van der Waals surface area contributed by atoms with Crippen LogP contribution < -0.4 is 15.8 Å². The Kier molecular flexibility index (Phi) is 6.98. The summed E-state index contributed by atoms with van der Waals surface area (Å²) in [7, 11) is 0. The number of aryl methyl sites for hydroxylation is 1. The highest BCUT2D eigenvalue weighted by atomic mass is 16.5. The highest BCUT2D eigenvalue weighted by molar-refractivity contribution is 5.92. The van der Waals surface area contributed by atoms with Crippen LogP contribution in [-0.4, -0.2) is 17.4 Å². The molecular formula is C24H27N3O2. The standard InChI is InChI=1S/C24H27N3O2/c1-3-19(20-7-5-4-6-8-20)15-26-14-18-9-11-22(17(2)13-18)29-23-12-10-21(16-27-23)24(25)28/h4-13,16,19,26H,3,14-15H2,1-2H3,(H2,25,28). The summed E-state index contributed by atoms with van der Waals surface area (Å²) in [6, 6.07) is 20.0. The molecule has 2 aromatic carbocycles. The molecule has 1 unspecified atom stereocenters. The van der Waals surface area contributed by atoms with Crippen molar-refractivity contribution >= 4 is 5.91 Å². The Morgan fingerprint density at radius 1 is 1.14 bits per heavy atom. The smallest absolute Gasteiger partial charge is 0.250 e. The summed E-state index contributed by atoms with van der Waals surface area (Å²) >= 11 is 0. The fourth-order valence-corrected chi connectivity index (χ4v) is 3.25. The van der Waals surface area contributed by atoms with Gasteiger partial charge in [0.05, 0.1) is 5.56 Å². The van der Waals surface area contributed by atoms with Crippen molar-refractivity contribution in [1.29, 1.82) is 0 Å². The molecule has 0 aliphatic rings. The molecule has 0 aliphatic carbocycles. The van der Waals surface area contributed by atoms with Crippen molar-refractivity contribution in [3.8, 4) is 11.6 Å². The number of rotatable bonds is 9. The Hall–Kier alpha value is -3.18. The molecule has 0 bridgehead atoms. The van der Waals surface area contributed by atoms with E-state index in [1.165, 1.54) is 17.3 Å². The number of nitrogens with zero attached hydrogens (tertiary/aromatic N) is 1. The average molecular weight is 389 g/mol. The van der Waals surface area contributed by atoms with Gasteiger partial charge in [-0.05, 0) is 48.1 Å². The number of carbonyl (C=O) groups is 1. The minimum absolute atomic E-state index is 0.358. The van der Waals surface area contributed by atoms with Gasteiger partial charge in [-0.15, -0.1) is 0 Å². The van der Waals surface area contributed by atoms with E-state index in [2.05, 4.69) is 59.7 Å². The normalized spacial score (nSPS) is 11.8. The highest BCUT2D eigenvalue weighted by Gasteiger charge is 2.09. The Balaban J connectivity index is 1.57. The summed E-state index contributed by atoms with van der Waals surface area (Å²) in [5.74, 6) is 1.17. The zero-order valence-electron chi connectivity index (χ0n) is 16.9. The summed E-state index contributed by atoms with van der Waals surface area (Å²) in [4.78, 5) is 15.3. The van der Waals surface area contributed by atoms with E-state index in [0.29, 0.717) is 17.4 Å². The maximum absolute atomic E-state index is 11.1. The molecule has 5 nitrogen and oxygen atoms in total. The van der Waals surface area contributed by atoms with Crippen LogP contribution in [0.4, 0.5) is 0 Å². The summed E-state index contributed by atoms with van der Waals surface area (Å²) in [6.07, 6.45) is 2.52. The van der Waals surface area contributed by atoms with Gasteiger partial charge in [-0.3, -0.25) is 4.79 Å². The molecule has 0 fully saturated rings. The number of benzene rings is 2. The van der Waals surface area contributed by atoms with Gasteiger partial charge >= 0.3 is 0 Å². The van der Waals surface area contributed by atoms with Crippen molar-refractivity contribution in [2.45, 2.75) is 32.7 Å². The lowest BCUT2D eigenvalue weighted by molar-refractivity contribution is 0.1000. The molecule has 1 atom stereocenters. The van der Waals surface area contributed by atoms with E-state index >= 15 is 0 Å². The molecule has 0 aliphatic heterocycles. The third-order valence-corrected chi connectivity index (χ3v) is 4.96. The number of nitrogens with one attached hydrogen (secondary N) is 1. The van der Waals surface area contributed by atoms with Crippen molar-refractivity contribution in [2.24, 2.45) is 5.73 Å². The molecule has 150 valence electrons. The van der Waals surface area contributed by atoms with Crippen LogP contribution in [0.5, 0.6) is 11.6 Å². The molecule has 29 heavy (non-hydrogen) atoms. The predicted octanol–water partition coefficient (Wildman–Crippen LogP) is 4.56. The molecule has 5 heteroatoms. The van der Waals surface area contributed by atoms with Gasteiger partial charge in [0.1, 0.15) is 5.75 Å². The number of primary amides is 1. The van der Waals surface area contributed by atoms with E-state index in [4.69, 9.17) is 10.5 Å². The number of ether oxygens (including phenoxy) is 1. The second-order valence-electron chi connectivity index (χ2n) is 7.10. The highest BCUT2D eigenvalue weighted by Crippen LogP contribution is 2.25. The van der Waals surface area contributed by atoms with Crippen LogP contribution >= 0.6 is 0 Å². The fraction of sp³-hybridized carbons (Fsp3) is 0.250. The Morgan fingerprint density at radius 3 is 2.55 bits per heavy atom. The van der Waals surface area contributed by atoms with E-state index in [1.807, 2.05) is 13.0 Å². The molecule has 1 amide bonds. The second-order valence-corrected chi connectivity index (χ2v) is 7.10. The molecule has 0 saturated heterocycles. The van der Waals surface area contributed by atoms with E-state index in [0.717, 1.165) is 30.8 Å². The van der Waals surface area contributed by atoms with E-state index in [-0.39, 0.29) is 0 Å². The number of carbonyl (C=O) groups excluding carboxylic acids is 1. The lowest BCUT2D eigenvalue weighted by atomic mass is 9.96. The number of hydrogen-bond donors (Lipinski definition) is 2.